The lowest BCUT2D eigenvalue weighted by Gasteiger charge is -2.42. The number of hydrogen-bond acceptors (Lipinski definition) is 6. The summed E-state index contributed by atoms with van der Waals surface area (Å²) >= 11 is 8.27. The second kappa shape index (κ2) is 10.5. The Morgan fingerprint density at radius 3 is 2.58 bits per heavy atom. The Labute approximate surface area is 221 Å². The number of rotatable bonds is 4. The Kier molecular flexibility index (Phi) is 7.33. The third-order valence-electron chi connectivity index (χ3n) is 7.37. The molecule has 2 aromatic heterocycles. The molecular weight excluding hydrogens is 492 g/mol. The molecule has 3 aliphatic heterocycles. The number of imide groups is 1. The lowest BCUT2D eigenvalue weighted by molar-refractivity contribution is -0.138. The number of likely N-dealkylation sites (tertiary alicyclic amines) is 1. The third-order valence-corrected chi connectivity index (χ3v) is 8.73. The molecular formula is C28H33ClN4O2S. The van der Waals surface area contributed by atoms with E-state index in [4.69, 9.17) is 11.6 Å². The Morgan fingerprint density at radius 1 is 1.08 bits per heavy atom. The van der Waals surface area contributed by atoms with Crippen LogP contribution < -0.4 is 10.2 Å². The average molecular weight is 525 g/mol. The first kappa shape index (κ1) is 25.2. The van der Waals surface area contributed by atoms with Gasteiger partial charge in [0.05, 0.1) is 16.8 Å². The van der Waals surface area contributed by atoms with E-state index in [-0.39, 0.29) is 11.8 Å². The number of benzene rings is 1. The molecule has 0 spiro atoms. The van der Waals surface area contributed by atoms with Gasteiger partial charge >= 0.3 is 0 Å². The van der Waals surface area contributed by atoms with Crippen LogP contribution >= 0.6 is 22.9 Å². The number of anilines is 1. The maximum atomic E-state index is 12.2. The Balaban J connectivity index is 0.00000130. The van der Waals surface area contributed by atoms with Crippen LogP contribution in [0.5, 0.6) is 0 Å². The first-order valence-electron chi connectivity index (χ1n) is 13.0. The largest absolute Gasteiger partial charge is 0.364 e. The second-order valence-electron chi connectivity index (χ2n) is 9.56. The van der Waals surface area contributed by atoms with Gasteiger partial charge in [-0.3, -0.25) is 19.5 Å². The molecule has 8 heteroatoms. The topological polar surface area (TPSA) is 65.5 Å². The van der Waals surface area contributed by atoms with Crippen molar-refractivity contribution in [2.45, 2.75) is 71.5 Å². The summed E-state index contributed by atoms with van der Waals surface area (Å²) in [6.45, 7) is 8.70. The minimum Gasteiger partial charge on any atom is -0.364 e. The quantitative estimate of drug-likeness (QED) is 0.437. The van der Waals surface area contributed by atoms with Gasteiger partial charge in [-0.2, -0.15) is 0 Å². The highest BCUT2D eigenvalue weighted by Crippen LogP contribution is 2.46. The fraction of sp³-hybridized carbons (Fsp3) is 0.464. The van der Waals surface area contributed by atoms with Gasteiger partial charge in [-0.15, -0.1) is 11.3 Å². The number of nitrogens with zero attached hydrogens (tertiary/aromatic N) is 3. The van der Waals surface area contributed by atoms with Gasteiger partial charge in [0, 0.05) is 64.4 Å². The van der Waals surface area contributed by atoms with E-state index in [9.17, 15) is 9.59 Å². The van der Waals surface area contributed by atoms with Crippen molar-refractivity contribution in [2.24, 2.45) is 0 Å². The maximum Gasteiger partial charge on any atom is 0.230 e. The summed E-state index contributed by atoms with van der Waals surface area (Å²) < 4.78 is 1.07. The number of hydrogen-bond donors (Lipinski definition) is 1. The number of halogens is 1. The SMILES string of the molecule is CC.CC1CCc2cc(Cl)cc(-c3ccnc4cc(CN5C(=O)CCC5=O)sc34)c2N1C1CCNC1. The number of fused-ring (bicyclic) bond motifs is 2. The fourth-order valence-corrected chi connectivity index (χ4v) is 7.10. The standard InChI is InChI=1S/C26H27ClN4O2S.C2H6/c1-15-2-3-16-10-17(27)11-21(25(16)31(15)18-6-8-28-13-18)20-7-9-29-22-12-19(34-26(20)22)14-30-23(32)4-5-24(30)33;1-2/h7,9-12,15,18,28H,2-6,8,13-14H2,1H3;1-2H3. The van der Waals surface area contributed by atoms with Gasteiger partial charge in [-0.05, 0) is 62.6 Å². The van der Waals surface area contributed by atoms with Gasteiger partial charge in [-0.25, -0.2) is 0 Å². The maximum absolute atomic E-state index is 12.2. The van der Waals surface area contributed by atoms with Crippen molar-refractivity contribution >= 4 is 50.7 Å². The van der Waals surface area contributed by atoms with Crippen LogP contribution in [0, 0.1) is 0 Å². The molecule has 3 aliphatic rings. The van der Waals surface area contributed by atoms with Crippen molar-refractivity contribution in [3.8, 4) is 11.1 Å². The van der Waals surface area contributed by atoms with Crippen LogP contribution in [-0.2, 0) is 22.6 Å². The summed E-state index contributed by atoms with van der Waals surface area (Å²) in [6, 6.07) is 9.24. The van der Waals surface area contributed by atoms with Crippen molar-refractivity contribution in [3.05, 3.63) is 45.9 Å². The van der Waals surface area contributed by atoms with Gasteiger partial charge in [0.1, 0.15) is 0 Å². The summed E-state index contributed by atoms with van der Waals surface area (Å²) in [5.74, 6) is -0.177. The molecule has 1 aromatic carbocycles. The molecule has 0 radical (unpaired) electrons. The van der Waals surface area contributed by atoms with E-state index in [1.807, 2.05) is 26.1 Å². The molecule has 0 saturated carbocycles. The Morgan fingerprint density at radius 2 is 1.86 bits per heavy atom. The van der Waals surface area contributed by atoms with E-state index in [2.05, 4.69) is 40.3 Å². The van der Waals surface area contributed by atoms with Gasteiger partial charge in [0.15, 0.2) is 0 Å². The minimum atomic E-state index is -0.0886. The molecule has 2 fully saturated rings. The number of aryl methyl sites for hydroxylation is 1. The second-order valence-corrected chi connectivity index (χ2v) is 11.1. The number of amides is 2. The zero-order valence-electron chi connectivity index (χ0n) is 21.1. The van der Waals surface area contributed by atoms with Crippen LogP contribution in [-0.4, -0.2) is 46.9 Å². The molecule has 190 valence electrons. The van der Waals surface area contributed by atoms with E-state index in [1.165, 1.54) is 16.2 Å². The van der Waals surface area contributed by atoms with Gasteiger partial charge in [0.2, 0.25) is 11.8 Å². The van der Waals surface area contributed by atoms with E-state index in [1.54, 1.807) is 11.3 Å². The van der Waals surface area contributed by atoms with Gasteiger partial charge < -0.3 is 10.2 Å². The third kappa shape index (κ3) is 4.53. The number of nitrogens with one attached hydrogen (secondary N) is 1. The molecule has 0 bridgehead atoms. The van der Waals surface area contributed by atoms with Crippen LogP contribution in [0.2, 0.25) is 5.02 Å². The Bertz CT molecular complexity index is 1280. The van der Waals surface area contributed by atoms with Crippen molar-refractivity contribution < 1.29 is 9.59 Å². The van der Waals surface area contributed by atoms with Crippen LogP contribution in [0.15, 0.2) is 30.5 Å². The number of thiophene rings is 1. The molecule has 2 atom stereocenters. The monoisotopic (exact) mass is 524 g/mol. The minimum absolute atomic E-state index is 0.0886. The first-order chi connectivity index (χ1) is 17.5. The van der Waals surface area contributed by atoms with E-state index in [0.717, 1.165) is 63.6 Å². The average Bonchev–Trinajstić information content (AvgIpc) is 3.62. The number of carbonyl (C=O) groups excluding carboxylic acids is 2. The van der Waals surface area contributed by atoms with Crippen LogP contribution in [0.25, 0.3) is 21.3 Å². The summed E-state index contributed by atoms with van der Waals surface area (Å²) in [7, 11) is 0. The highest BCUT2D eigenvalue weighted by Gasteiger charge is 2.34. The predicted molar refractivity (Wildman–Crippen MR) is 148 cm³/mol. The molecule has 2 saturated heterocycles. The zero-order chi connectivity index (χ0) is 25.4. The molecule has 2 unspecified atom stereocenters. The molecule has 0 aliphatic carbocycles. The molecule has 6 rings (SSSR count). The van der Waals surface area contributed by atoms with E-state index >= 15 is 0 Å². The number of carbonyl (C=O) groups is 2. The number of aromatic nitrogens is 1. The van der Waals surface area contributed by atoms with Crippen LogP contribution in [0.4, 0.5) is 5.69 Å². The number of pyridine rings is 1. The highest BCUT2D eigenvalue weighted by atomic mass is 35.5. The fourth-order valence-electron chi connectivity index (χ4n) is 5.73. The lowest BCUT2D eigenvalue weighted by Crippen LogP contribution is -2.46. The van der Waals surface area contributed by atoms with E-state index in [0.29, 0.717) is 31.5 Å². The van der Waals surface area contributed by atoms with Crippen molar-refractivity contribution in [3.63, 3.8) is 0 Å². The summed E-state index contributed by atoms with van der Waals surface area (Å²) in [5, 5.41) is 4.28. The Hall–Kier alpha value is -2.48. The predicted octanol–water partition coefficient (Wildman–Crippen LogP) is 5.79. The molecule has 5 heterocycles. The zero-order valence-corrected chi connectivity index (χ0v) is 22.7. The molecule has 6 nitrogen and oxygen atoms in total. The highest BCUT2D eigenvalue weighted by molar-refractivity contribution is 7.19. The van der Waals surface area contributed by atoms with Crippen molar-refractivity contribution in [1.29, 1.82) is 0 Å². The summed E-state index contributed by atoms with van der Waals surface area (Å²) in [5.41, 5.74) is 5.76. The summed E-state index contributed by atoms with van der Waals surface area (Å²) in [4.78, 5) is 33.9. The molecule has 3 aromatic rings. The molecule has 2 amide bonds. The smallest absolute Gasteiger partial charge is 0.230 e. The van der Waals surface area contributed by atoms with Gasteiger partial charge in [-0.1, -0.05) is 25.4 Å². The van der Waals surface area contributed by atoms with Gasteiger partial charge in [0.25, 0.3) is 0 Å². The molecule has 36 heavy (non-hydrogen) atoms. The van der Waals surface area contributed by atoms with Crippen LogP contribution in [0.3, 0.4) is 0 Å². The normalized spacial score (nSPS) is 21.7. The van der Waals surface area contributed by atoms with Crippen molar-refractivity contribution in [2.75, 3.05) is 18.0 Å². The summed E-state index contributed by atoms with van der Waals surface area (Å²) in [6.07, 6.45) is 5.75. The molecule has 1 N–H and O–H groups in total. The lowest BCUT2D eigenvalue weighted by atomic mass is 9.89. The van der Waals surface area contributed by atoms with Crippen molar-refractivity contribution in [1.82, 2.24) is 15.2 Å². The van der Waals surface area contributed by atoms with Crippen LogP contribution in [0.1, 0.15) is 56.9 Å². The first-order valence-corrected chi connectivity index (χ1v) is 14.2. The van der Waals surface area contributed by atoms with E-state index < -0.39 is 0 Å².